The van der Waals surface area contributed by atoms with Crippen LogP contribution < -0.4 is 4.72 Å². The second kappa shape index (κ2) is 3.55. The number of alkyl halides is 1. The van der Waals surface area contributed by atoms with Gasteiger partial charge in [0.15, 0.2) is 6.30 Å². The van der Waals surface area contributed by atoms with Crippen molar-refractivity contribution in [1.82, 2.24) is 4.72 Å². The van der Waals surface area contributed by atoms with Gasteiger partial charge in [-0.1, -0.05) is 0 Å². The molecule has 0 saturated carbocycles. The molecule has 0 heterocycles. The third-order valence-electron chi connectivity index (χ3n) is 0.826. The Morgan fingerprint density at radius 2 is 1.90 bits per heavy atom. The molecule has 0 saturated heterocycles. The summed E-state index contributed by atoms with van der Waals surface area (Å²) in [7, 11) is 0. The summed E-state index contributed by atoms with van der Waals surface area (Å²) >= 11 is -1.29. The van der Waals surface area contributed by atoms with E-state index >= 15 is 0 Å². The molecule has 0 rings (SSSR count). The molecule has 0 aromatic heterocycles. The molecular formula is C6H14FNOS. The Kier molecular flexibility index (Phi) is 3.62. The van der Waals surface area contributed by atoms with Crippen LogP contribution in [0.1, 0.15) is 27.7 Å². The molecule has 62 valence electrons. The summed E-state index contributed by atoms with van der Waals surface area (Å²) in [4.78, 5) is 0. The molecule has 4 heteroatoms. The summed E-state index contributed by atoms with van der Waals surface area (Å²) in [6, 6.07) is 0. The van der Waals surface area contributed by atoms with E-state index < -0.39 is 17.7 Å². The summed E-state index contributed by atoms with van der Waals surface area (Å²) in [5.41, 5.74) is 0. The van der Waals surface area contributed by atoms with Crippen molar-refractivity contribution >= 4 is 11.4 Å². The van der Waals surface area contributed by atoms with Crippen molar-refractivity contribution < 1.29 is 8.94 Å². The van der Waals surface area contributed by atoms with Gasteiger partial charge in [-0.15, -0.1) is 4.72 Å². The molecule has 2 nitrogen and oxygen atoms in total. The van der Waals surface area contributed by atoms with Crippen LogP contribution >= 0.6 is 0 Å². The maximum atomic E-state index is 12.2. The average Bonchev–Trinajstić information content (AvgIpc) is 1.60. The number of rotatable bonds is 2. The molecule has 2 unspecified atom stereocenters. The molecular weight excluding hydrogens is 153 g/mol. The third kappa shape index (κ3) is 4.09. The predicted octanol–water partition coefficient (Wildman–Crippen LogP) is 1.35. The standard InChI is InChI=1S/C6H14FNOS/c1-5(7)8-10(9)6(2,3)4/h5,8H,1-4H3. The van der Waals surface area contributed by atoms with Gasteiger partial charge in [-0.2, -0.15) is 0 Å². The average molecular weight is 167 g/mol. The van der Waals surface area contributed by atoms with Crippen LogP contribution in [0, 0.1) is 0 Å². The lowest BCUT2D eigenvalue weighted by Crippen LogP contribution is -2.42. The summed E-state index contributed by atoms with van der Waals surface area (Å²) in [5.74, 6) is 0. The highest BCUT2D eigenvalue weighted by atomic mass is 32.2. The van der Waals surface area contributed by atoms with Crippen LogP contribution in [-0.4, -0.2) is 15.6 Å². The van der Waals surface area contributed by atoms with Crippen molar-refractivity contribution in [3.63, 3.8) is 0 Å². The van der Waals surface area contributed by atoms with E-state index in [0.29, 0.717) is 0 Å². The first kappa shape index (κ1) is 10.2. The molecule has 0 radical (unpaired) electrons. The molecule has 2 atom stereocenters. The fourth-order valence-electron chi connectivity index (χ4n) is 0.324. The first-order valence-electron chi connectivity index (χ1n) is 3.16. The quantitative estimate of drug-likeness (QED) is 0.497. The molecule has 0 spiro atoms. The van der Waals surface area contributed by atoms with Crippen LogP contribution in [0.4, 0.5) is 4.39 Å². The van der Waals surface area contributed by atoms with Crippen LogP contribution in [-0.2, 0) is 11.4 Å². The van der Waals surface area contributed by atoms with Crippen LogP contribution in [0.15, 0.2) is 0 Å². The van der Waals surface area contributed by atoms with Gasteiger partial charge < -0.3 is 4.55 Å². The van der Waals surface area contributed by atoms with Crippen molar-refractivity contribution in [2.24, 2.45) is 0 Å². The summed E-state index contributed by atoms with van der Waals surface area (Å²) in [6.45, 7) is 6.69. The van der Waals surface area contributed by atoms with E-state index in [1.807, 2.05) is 0 Å². The predicted molar refractivity (Wildman–Crippen MR) is 41.6 cm³/mol. The number of nitrogens with one attached hydrogen (secondary N) is 1. The molecule has 0 aromatic carbocycles. The van der Waals surface area contributed by atoms with Gasteiger partial charge in [0.25, 0.3) is 0 Å². The lowest BCUT2D eigenvalue weighted by Gasteiger charge is -2.23. The van der Waals surface area contributed by atoms with Gasteiger partial charge >= 0.3 is 0 Å². The Labute approximate surface area is 64.5 Å². The van der Waals surface area contributed by atoms with Gasteiger partial charge in [-0.05, 0) is 27.7 Å². The van der Waals surface area contributed by atoms with Gasteiger partial charge in [0, 0.05) is 11.4 Å². The maximum absolute atomic E-state index is 12.2. The lowest BCUT2D eigenvalue weighted by molar-refractivity contribution is 0.338. The van der Waals surface area contributed by atoms with Gasteiger partial charge in [-0.25, -0.2) is 4.39 Å². The van der Waals surface area contributed by atoms with E-state index in [2.05, 4.69) is 4.72 Å². The minimum absolute atomic E-state index is 0.389. The van der Waals surface area contributed by atoms with Crippen molar-refractivity contribution in [3.05, 3.63) is 0 Å². The second-order valence-corrected chi connectivity index (χ2v) is 5.11. The SMILES string of the molecule is CC(F)N[S+]([O-])C(C)(C)C. The highest BCUT2D eigenvalue weighted by molar-refractivity contribution is 7.90. The van der Waals surface area contributed by atoms with Crippen molar-refractivity contribution in [2.45, 2.75) is 38.7 Å². The Morgan fingerprint density at radius 3 is 2.00 bits per heavy atom. The van der Waals surface area contributed by atoms with Crippen molar-refractivity contribution in [1.29, 1.82) is 0 Å². The number of hydrogen-bond acceptors (Lipinski definition) is 2. The maximum Gasteiger partial charge on any atom is 0.189 e. The smallest absolute Gasteiger partial charge is 0.189 e. The highest BCUT2D eigenvalue weighted by Gasteiger charge is 2.27. The fourth-order valence-corrected chi connectivity index (χ4v) is 0.973. The molecule has 1 N–H and O–H groups in total. The minimum atomic E-state index is -1.29. The molecule has 0 aliphatic carbocycles. The monoisotopic (exact) mass is 167 g/mol. The molecule has 0 aliphatic heterocycles. The Balaban J connectivity index is 3.73. The number of hydrogen-bond donors (Lipinski definition) is 1. The fraction of sp³-hybridized carbons (Fsp3) is 1.00. The minimum Gasteiger partial charge on any atom is -0.598 e. The van der Waals surface area contributed by atoms with Crippen molar-refractivity contribution in [3.8, 4) is 0 Å². The Morgan fingerprint density at radius 1 is 1.50 bits per heavy atom. The summed E-state index contributed by atoms with van der Waals surface area (Å²) in [6.07, 6.45) is -1.21. The first-order valence-corrected chi connectivity index (χ1v) is 4.31. The van der Waals surface area contributed by atoms with Crippen LogP contribution in [0.5, 0.6) is 0 Å². The van der Waals surface area contributed by atoms with Crippen LogP contribution in [0.2, 0.25) is 0 Å². The molecule has 0 fully saturated rings. The van der Waals surface area contributed by atoms with E-state index in [9.17, 15) is 8.94 Å². The highest BCUT2D eigenvalue weighted by Crippen LogP contribution is 2.13. The normalized spacial score (nSPS) is 18.6. The Hall–Kier alpha value is 0.200. The van der Waals surface area contributed by atoms with E-state index in [0.717, 1.165) is 0 Å². The third-order valence-corrected chi connectivity index (χ3v) is 2.48. The molecule has 10 heavy (non-hydrogen) atoms. The van der Waals surface area contributed by atoms with E-state index in [-0.39, 0.29) is 4.75 Å². The van der Waals surface area contributed by atoms with E-state index in [1.54, 1.807) is 20.8 Å². The zero-order valence-electron chi connectivity index (χ0n) is 6.77. The molecule has 0 aliphatic rings. The lowest BCUT2D eigenvalue weighted by atomic mass is 10.3. The van der Waals surface area contributed by atoms with Crippen LogP contribution in [0.3, 0.4) is 0 Å². The first-order chi connectivity index (χ1) is 4.34. The van der Waals surface area contributed by atoms with E-state index in [1.165, 1.54) is 6.92 Å². The van der Waals surface area contributed by atoms with Gasteiger partial charge in [0.1, 0.15) is 4.75 Å². The molecule has 0 bridgehead atoms. The Bertz CT molecular complexity index is 102. The molecule has 0 aromatic rings. The van der Waals surface area contributed by atoms with Crippen molar-refractivity contribution in [2.75, 3.05) is 0 Å². The molecule has 0 amide bonds. The van der Waals surface area contributed by atoms with Crippen LogP contribution in [0.25, 0.3) is 0 Å². The van der Waals surface area contributed by atoms with E-state index in [4.69, 9.17) is 0 Å². The largest absolute Gasteiger partial charge is 0.598 e. The summed E-state index contributed by atoms with van der Waals surface area (Å²) < 4.78 is 25.1. The second-order valence-electron chi connectivity index (χ2n) is 3.11. The zero-order valence-corrected chi connectivity index (χ0v) is 7.59. The zero-order chi connectivity index (χ0) is 8.36. The number of halogens is 1. The summed E-state index contributed by atoms with van der Waals surface area (Å²) in [5, 5.41) is 0. The van der Waals surface area contributed by atoms with Gasteiger partial charge in [0.05, 0.1) is 0 Å². The van der Waals surface area contributed by atoms with Gasteiger partial charge in [-0.3, -0.25) is 0 Å². The van der Waals surface area contributed by atoms with Gasteiger partial charge in [0.2, 0.25) is 0 Å². The topological polar surface area (TPSA) is 35.1 Å².